The zero-order valence-corrected chi connectivity index (χ0v) is 7.65. The Bertz CT molecular complexity index is 318. The summed E-state index contributed by atoms with van der Waals surface area (Å²) < 4.78 is 0. The minimum Gasteiger partial charge on any atom is -0.286 e. The van der Waals surface area contributed by atoms with E-state index in [1.165, 1.54) is 6.92 Å². The van der Waals surface area contributed by atoms with E-state index in [1.54, 1.807) is 24.5 Å². The molecule has 0 saturated carbocycles. The highest BCUT2D eigenvalue weighted by Crippen LogP contribution is 1.97. The van der Waals surface area contributed by atoms with Gasteiger partial charge in [0.25, 0.3) is 0 Å². The van der Waals surface area contributed by atoms with Crippen molar-refractivity contribution in [1.29, 1.82) is 21.0 Å². The molecule has 0 atom stereocenters. The first kappa shape index (κ1) is 11.7. The highest BCUT2D eigenvalue weighted by Gasteiger charge is 2.21. The summed E-state index contributed by atoms with van der Waals surface area (Å²) in [6.45, 7) is 1.79. The van der Waals surface area contributed by atoms with E-state index in [0.29, 0.717) is 0 Å². The maximum Gasteiger partial charge on any atom is 0.193 e. The van der Waals surface area contributed by atoms with Crippen LogP contribution in [-0.2, 0) is 0 Å². The predicted molar refractivity (Wildman–Crippen MR) is 45.6 cm³/mol. The van der Waals surface area contributed by atoms with Crippen molar-refractivity contribution in [3.05, 3.63) is 0 Å². The van der Waals surface area contributed by atoms with Crippen LogP contribution in [0.1, 0.15) is 6.92 Å². The second kappa shape index (κ2) is 5.38. The Morgan fingerprint density at radius 2 is 1.64 bits per heavy atom. The van der Waals surface area contributed by atoms with Gasteiger partial charge < -0.3 is 0 Å². The van der Waals surface area contributed by atoms with Gasteiger partial charge >= 0.3 is 0 Å². The third-order valence-corrected chi connectivity index (χ3v) is 1.50. The Morgan fingerprint density at radius 3 is 2.00 bits per heavy atom. The van der Waals surface area contributed by atoms with Crippen LogP contribution < -0.4 is 5.32 Å². The van der Waals surface area contributed by atoms with E-state index in [9.17, 15) is 0 Å². The van der Waals surface area contributed by atoms with E-state index in [1.807, 2.05) is 0 Å². The number of hydrogen-bond donors (Lipinski definition) is 1. The molecule has 0 fully saturated rings. The lowest BCUT2D eigenvalue weighted by atomic mass is 10.1. The van der Waals surface area contributed by atoms with Crippen molar-refractivity contribution in [2.45, 2.75) is 12.5 Å². The molecule has 0 aliphatic carbocycles. The third-order valence-electron chi connectivity index (χ3n) is 1.50. The molecule has 0 rings (SSSR count). The third kappa shape index (κ3) is 3.41. The van der Waals surface area contributed by atoms with Crippen LogP contribution in [0.2, 0.25) is 0 Å². The van der Waals surface area contributed by atoms with Crippen LogP contribution in [0.25, 0.3) is 0 Å². The summed E-state index contributed by atoms with van der Waals surface area (Å²) in [5, 5.41) is 36.5. The quantitative estimate of drug-likeness (QED) is 0.476. The van der Waals surface area contributed by atoms with Crippen molar-refractivity contribution in [3.8, 4) is 24.5 Å². The Hall–Kier alpha value is -2.28. The van der Waals surface area contributed by atoms with Gasteiger partial charge in [-0.1, -0.05) is 0 Å². The number of nitrogens with zero attached hydrogens (tertiary/aromatic N) is 5. The molecule has 14 heavy (non-hydrogen) atoms. The van der Waals surface area contributed by atoms with Gasteiger partial charge in [0, 0.05) is 6.54 Å². The summed E-state index contributed by atoms with van der Waals surface area (Å²) in [5.74, 6) is 0. The van der Waals surface area contributed by atoms with Gasteiger partial charge in [-0.05, 0) is 6.92 Å². The summed E-state index contributed by atoms with van der Waals surface area (Å²) in [7, 11) is 0. The van der Waals surface area contributed by atoms with Gasteiger partial charge in [-0.2, -0.15) is 21.0 Å². The highest BCUT2D eigenvalue weighted by molar-refractivity contribution is 5.18. The molecule has 6 heteroatoms. The summed E-state index contributed by atoms with van der Waals surface area (Å²) in [6.07, 6.45) is 3.28. The molecule has 0 saturated heterocycles. The number of hydrogen-bond acceptors (Lipinski definition) is 6. The van der Waals surface area contributed by atoms with Crippen LogP contribution >= 0.6 is 0 Å². The molecule has 6 nitrogen and oxygen atoms in total. The second-order valence-electron chi connectivity index (χ2n) is 2.63. The van der Waals surface area contributed by atoms with Crippen molar-refractivity contribution >= 4 is 0 Å². The zero-order valence-electron chi connectivity index (χ0n) is 7.65. The van der Waals surface area contributed by atoms with Gasteiger partial charge in [-0.3, -0.25) is 5.32 Å². The first-order chi connectivity index (χ1) is 6.61. The van der Waals surface area contributed by atoms with Crippen LogP contribution in [0.15, 0.2) is 0 Å². The topological polar surface area (TPSA) is 110 Å². The average Bonchev–Trinajstić information content (AvgIpc) is 2.24. The minimum atomic E-state index is -1.27. The fourth-order valence-corrected chi connectivity index (χ4v) is 0.644. The minimum absolute atomic E-state index is 0.145. The lowest BCUT2D eigenvalue weighted by Crippen LogP contribution is -2.42. The maximum atomic E-state index is 8.59. The number of nitrogens with one attached hydrogen (secondary N) is 1. The van der Waals surface area contributed by atoms with Gasteiger partial charge in [0.05, 0.1) is 6.54 Å². The van der Waals surface area contributed by atoms with E-state index in [0.717, 1.165) is 4.90 Å². The SMILES string of the molecule is CC(C#N)(C#N)NCCN(C#N)C#N. The zero-order chi connectivity index (χ0) is 11.0. The van der Waals surface area contributed by atoms with Crippen LogP contribution in [0.5, 0.6) is 0 Å². The van der Waals surface area contributed by atoms with Crippen molar-refractivity contribution in [3.63, 3.8) is 0 Å². The van der Waals surface area contributed by atoms with Gasteiger partial charge in [0.15, 0.2) is 17.9 Å². The normalized spacial score (nSPS) is 8.93. The van der Waals surface area contributed by atoms with Crippen LogP contribution in [-0.4, -0.2) is 23.5 Å². The number of nitriles is 4. The Labute approximate surface area is 82.2 Å². The molecule has 0 amide bonds. The van der Waals surface area contributed by atoms with Crippen molar-refractivity contribution in [2.75, 3.05) is 13.1 Å². The van der Waals surface area contributed by atoms with Crippen molar-refractivity contribution < 1.29 is 0 Å². The van der Waals surface area contributed by atoms with E-state index >= 15 is 0 Å². The molecule has 0 heterocycles. The highest BCUT2D eigenvalue weighted by atomic mass is 15.1. The second-order valence-corrected chi connectivity index (χ2v) is 2.63. The van der Waals surface area contributed by atoms with E-state index in [2.05, 4.69) is 5.32 Å². The molecule has 70 valence electrons. The van der Waals surface area contributed by atoms with Crippen molar-refractivity contribution in [2.24, 2.45) is 0 Å². The number of rotatable bonds is 4. The molecule has 0 aromatic carbocycles. The van der Waals surface area contributed by atoms with E-state index in [4.69, 9.17) is 21.0 Å². The first-order valence-electron chi connectivity index (χ1n) is 3.76. The smallest absolute Gasteiger partial charge is 0.193 e. The molecule has 0 aromatic rings. The van der Waals surface area contributed by atoms with Gasteiger partial charge in [-0.15, -0.1) is 0 Å². The molecule has 0 aromatic heterocycles. The largest absolute Gasteiger partial charge is 0.286 e. The van der Waals surface area contributed by atoms with Crippen LogP contribution in [0.4, 0.5) is 0 Å². The Morgan fingerprint density at radius 1 is 1.14 bits per heavy atom. The Kier molecular flexibility index (Phi) is 4.50. The van der Waals surface area contributed by atoms with Crippen LogP contribution in [0.3, 0.4) is 0 Å². The molecule has 0 radical (unpaired) electrons. The predicted octanol–water partition coefficient (Wildman–Crippen LogP) is -0.354. The molecular weight excluding hydrogens is 180 g/mol. The lowest BCUT2D eigenvalue weighted by Gasteiger charge is -2.14. The van der Waals surface area contributed by atoms with Crippen molar-refractivity contribution in [1.82, 2.24) is 10.2 Å². The standard InChI is InChI=1S/C8H8N6/c1-8(4-9,5-10)13-2-3-14(6-11)7-12/h13H,2-3H2,1H3. The van der Waals surface area contributed by atoms with E-state index in [-0.39, 0.29) is 13.1 Å². The molecule has 0 unspecified atom stereocenters. The van der Waals surface area contributed by atoms with Crippen LogP contribution in [0, 0.1) is 45.6 Å². The fourth-order valence-electron chi connectivity index (χ4n) is 0.644. The first-order valence-corrected chi connectivity index (χ1v) is 3.76. The fraction of sp³-hybridized carbons (Fsp3) is 0.500. The monoisotopic (exact) mass is 188 g/mol. The molecule has 0 aliphatic rings. The summed E-state index contributed by atoms with van der Waals surface area (Å²) in [6, 6.07) is 3.56. The summed E-state index contributed by atoms with van der Waals surface area (Å²) in [5.41, 5.74) is -1.27. The lowest BCUT2D eigenvalue weighted by molar-refractivity contribution is 0.469. The molecular formula is C8H8N6. The molecule has 1 N–H and O–H groups in total. The molecule has 0 bridgehead atoms. The maximum absolute atomic E-state index is 8.59. The average molecular weight is 188 g/mol. The van der Waals surface area contributed by atoms with E-state index < -0.39 is 5.54 Å². The molecule has 0 spiro atoms. The van der Waals surface area contributed by atoms with Gasteiger partial charge in [0.2, 0.25) is 0 Å². The summed E-state index contributed by atoms with van der Waals surface area (Å²) >= 11 is 0. The molecule has 0 aliphatic heterocycles. The van der Waals surface area contributed by atoms with Gasteiger partial charge in [0.1, 0.15) is 12.1 Å². The summed E-state index contributed by atoms with van der Waals surface area (Å²) in [4.78, 5) is 0.849. The van der Waals surface area contributed by atoms with Gasteiger partial charge in [-0.25, -0.2) is 4.90 Å². The Balaban J connectivity index is 4.01.